The maximum absolute atomic E-state index is 12.2. The van der Waals surface area contributed by atoms with Crippen molar-refractivity contribution < 1.29 is 18.4 Å². The molecule has 1 aromatic carbocycles. The topological polar surface area (TPSA) is 59.2 Å². The van der Waals surface area contributed by atoms with E-state index >= 15 is 0 Å². The number of benzene rings is 1. The molecule has 0 saturated carbocycles. The van der Waals surface area contributed by atoms with Gasteiger partial charge in [-0.15, -0.1) is 0 Å². The highest BCUT2D eigenvalue weighted by Gasteiger charge is 2.21. The van der Waals surface area contributed by atoms with Gasteiger partial charge < -0.3 is 9.63 Å². The molecule has 2 rings (SSSR count). The minimum Gasteiger partial charge on any atom is -0.387 e. The first-order valence-electron chi connectivity index (χ1n) is 5.21. The van der Waals surface area contributed by atoms with Crippen molar-refractivity contribution in [3.05, 3.63) is 34.1 Å². The van der Waals surface area contributed by atoms with E-state index < -0.39 is 19.0 Å². The Morgan fingerprint density at radius 1 is 1.26 bits per heavy atom. The summed E-state index contributed by atoms with van der Waals surface area (Å²) in [5, 5.41) is 13.3. The van der Waals surface area contributed by atoms with Gasteiger partial charge >= 0.3 is 0 Å². The summed E-state index contributed by atoms with van der Waals surface area (Å²) in [6, 6.07) is 4.71. The summed E-state index contributed by atoms with van der Waals surface area (Å²) in [5.74, 6) is 0.115. The molecule has 8 heteroatoms. The fraction of sp³-hybridized carbons (Fsp3) is 0.273. The SMILES string of the molecule is OC(Cc1nc(-c2ccc(Cl)c(Cl)c2)no1)C(F)F. The molecule has 0 radical (unpaired) electrons. The van der Waals surface area contributed by atoms with E-state index in [-0.39, 0.29) is 11.7 Å². The smallest absolute Gasteiger partial charge is 0.264 e. The number of rotatable bonds is 4. The zero-order chi connectivity index (χ0) is 14.0. The molecule has 0 aliphatic carbocycles. The van der Waals surface area contributed by atoms with Gasteiger partial charge in [0, 0.05) is 5.56 Å². The summed E-state index contributed by atoms with van der Waals surface area (Å²) >= 11 is 11.6. The van der Waals surface area contributed by atoms with Crippen LogP contribution < -0.4 is 0 Å². The van der Waals surface area contributed by atoms with Gasteiger partial charge in [0.1, 0.15) is 6.10 Å². The lowest BCUT2D eigenvalue weighted by Gasteiger charge is -2.04. The molecule has 1 heterocycles. The third kappa shape index (κ3) is 3.40. The van der Waals surface area contributed by atoms with E-state index in [4.69, 9.17) is 32.8 Å². The van der Waals surface area contributed by atoms with Gasteiger partial charge in [-0.1, -0.05) is 28.4 Å². The van der Waals surface area contributed by atoms with Gasteiger partial charge in [-0.3, -0.25) is 0 Å². The molecule has 19 heavy (non-hydrogen) atoms. The van der Waals surface area contributed by atoms with E-state index in [1.165, 1.54) is 6.07 Å². The maximum Gasteiger partial charge on any atom is 0.264 e. The quantitative estimate of drug-likeness (QED) is 0.942. The van der Waals surface area contributed by atoms with E-state index in [9.17, 15) is 8.78 Å². The first-order valence-corrected chi connectivity index (χ1v) is 5.97. The third-order valence-corrected chi connectivity index (χ3v) is 3.06. The molecule has 102 valence electrons. The van der Waals surface area contributed by atoms with Gasteiger partial charge in [0.25, 0.3) is 6.43 Å². The van der Waals surface area contributed by atoms with Crippen molar-refractivity contribution in [3.8, 4) is 11.4 Å². The van der Waals surface area contributed by atoms with Crippen LogP contribution in [0.3, 0.4) is 0 Å². The van der Waals surface area contributed by atoms with Gasteiger partial charge in [-0.2, -0.15) is 4.98 Å². The van der Waals surface area contributed by atoms with E-state index in [1.807, 2.05) is 0 Å². The predicted molar refractivity (Wildman–Crippen MR) is 65.5 cm³/mol. The summed E-state index contributed by atoms with van der Waals surface area (Å²) in [7, 11) is 0. The lowest BCUT2D eigenvalue weighted by Crippen LogP contribution is -2.20. The molecule has 1 aromatic heterocycles. The van der Waals surface area contributed by atoms with Crippen molar-refractivity contribution in [2.24, 2.45) is 0 Å². The fourth-order valence-corrected chi connectivity index (χ4v) is 1.66. The van der Waals surface area contributed by atoms with Gasteiger partial charge in [0.2, 0.25) is 11.7 Å². The number of hydrogen-bond donors (Lipinski definition) is 1. The van der Waals surface area contributed by atoms with Crippen LogP contribution in [0.4, 0.5) is 8.78 Å². The number of hydrogen-bond acceptors (Lipinski definition) is 4. The molecule has 0 amide bonds. The molecule has 0 bridgehead atoms. The fourth-order valence-electron chi connectivity index (χ4n) is 1.36. The molecule has 1 atom stereocenters. The van der Waals surface area contributed by atoms with Crippen LogP contribution in [-0.4, -0.2) is 27.8 Å². The average molecular weight is 309 g/mol. The summed E-state index contributed by atoms with van der Waals surface area (Å²) in [4.78, 5) is 3.90. The maximum atomic E-state index is 12.2. The van der Waals surface area contributed by atoms with Crippen molar-refractivity contribution in [2.75, 3.05) is 0 Å². The van der Waals surface area contributed by atoms with Gasteiger partial charge in [0.15, 0.2) is 0 Å². The Morgan fingerprint density at radius 2 is 2.00 bits per heavy atom. The molecule has 1 unspecified atom stereocenters. The summed E-state index contributed by atoms with van der Waals surface area (Å²) < 4.78 is 29.1. The molecule has 4 nitrogen and oxygen atoms in total. The molecule has 0 fully saturated rings. The second-order valence-electron chi connectivity index (χ2n) is 3.75. The highest BCUT2D eigenvalue weighted by Crippen LogP contribution is 2.27. The van der Waals surface area contributed by atoms with Crippen LogP contribution in [-0.2, 0) is 6.42 Å². The highest BCUT2D eigenvalue weighted by atomic mass is 35.5. The zero-order valence-electron chi connectivity index (χ0n) is 9.36. The third-order valence-electron chi connectivity index (χ3n) is 2.32. The molecule has 0 spiro atoms. The van der Waals surface area contributed by atoms with Gasteiger partial charge in [-0.05, 0) is 18.2 Å². The molecule has 0 aliphatic heterocycles. The molecule has 1 N–H and O–H groups in total. The molecular weight excluding hydrogens is 301 g/mol. The Balaban J connectivity index is 2.18. The average Bonchev–Trinajstić information content (AvgIpc) is 2.81. The molecule has 2 aromatic rings. The van der Waals surface area contributed by atoms with Crippen LogP contribution >= 0.6 is 23.2 Å². The standard InChI is InChI=1S/C11H8Cl2F2N2O2/c12-6-2-1-5(3-7(6)13)11-16-9(19-17-11)4-8(18)10(14)15/h1-3,8,10,18H,4H2. The van der Waals surface area contributed by atoms with Crippen molar-refractivity contribution in [2.45, 2.75) is 19.0 Å². The highest BCUT2D eigenvalue weighted by molar-refractivity contribution is 6.42. The minimum absolute atomic E-state index is 0.0751. The van der Waals surface area contributed by atoms with Gasteiger partial charge in [0.05, 0.1) is 16.5 Å². The van der Waals surface area contributed by atoms with Crippen molar-refractivity contribution in [1.82, 2.24) is 10.1 Å². The van der Waals surface area contributed by atoms with Crippen LogP contribution in [0.5, 0.6) is 0 Å². The number of aliphatic hydroxyl groups is 1. The van der Waals surface area contributed by atoms with Crippen LogP contribution in [0.1, 0.15) is 5.89 Å². The summed E-state index contributed by atoms with van der Waals surface area (Å²) in [6.07, 6.45) is -5.10. The Bertz CT molecular complexity index is 578. The van der Waals surface area contributed by atoms with Crippen LogP contribution in [0.25, 0.3) is 11.4 Å². The largest absolute Gasteiger partial charge is 0.387 e. The molecule has 0 aliphatic rings. The first kappa shape index (κ1) is 14.2. The zero-order valence-corrected chi connectivity index (χ0v) is 10.9. The first-order chi connectivity index (χ1) is 8.97. The van der Waals surface area contributed by atoms with Crippen molar-refractivity contribution >= 4 is 23.2 Å². The lowest BCUT2D eigenvalue weighted by atomic mass is 10.2. The minimum atomic E-state index is -2.86. The number of aliphatic hydroxyl groups excluding tert-OH is 1. The number of alkyl halides is 2. The van der Waals surface area contributed by atoms with Crippen molar-refractivity contribution in [3.63, 3.8) is 0 Å². The number of halogens is 4. The Hall–Kier alpha value is -1.24. The van der Waals surface area contributed by atoms with E-state index in [1.54, 1.807) is 12.1 Å². The Labute approximate surface area is 117 Å². The summed E-state index contributed by atoms with van der Waals surface area (Å²) in [6.45, 7) is 0. The van der Waals surface area contributed by atoms with Gasteiger partial charge in [-0.25, -0.2) is 8.78 Å². The van der Waals surface area contributed by atoms with Crippen LogP contribution in [0, 0.1) is 0 Å². The Morgan fingerprint density at radius 3 is 2.63 bits per heavy atom. The molecular formula is C11H8Cl2F2N2O2. The van der Waals surface area contributed by atoms with E-state index in [2.05, 4.69) is 10.1 Å². The second-order valence-corrected chi connectivity index (χ2v) is 4.56. The summed E-state index contributed by atoms with van der Waals surface area (Å²) in [5.41, 5.74) is 0.538. The second kappa shape index (κ2) is 5.81. The monoisotopic (exact) mass is 308 g/mol. The number of aromatic nitrogens is 2. The predicted octanol–water partition coefficient (Wildman–Crippen LogP) is 3.21. The van der Waals surface area contributed by atoms with E-state index in [0.29, 0.717) is 15.6 Å². The van der Waals surface area contributed by atoms with Crippen LogP contribution in [0.2, 0.25) is 10.0 Å². The Kier molecular flexibility index (Phi) is 4.34. The molecule has 0 saturated heterocycles. The normalized spacial score (nSPS) is 12.9. The van der Waals surface area contributed by atoms with Crippen molar-refractivity contribution in [1.29, 1.82) is 0 Å². The number of nitrogens with zero attached hydrogens (tertiary/aromatic N) is 2. The lowest BCUT2D eigenvalue weighted by molar-refractivity contribution is -0.00754. The van der Waals surface area contributed by atoms with E-state index in [0.717, 1.165) is 0 Å². The van der Waals surface area contributed by atoms with Crippen LogP contribution in [0.15, 0.2) is 22.7 Å².